The van der Waals surface area contributed by atoms with E-state index < -0.39 is 70.9 Å². The Morgan fingerprint density at radius 3 is 1.51 bits per heavy atom. The molecule has 0 radical (unpaired) electrons. The first kappa shape index (κ1) is 57.4. The van der Waals surface area contributed by atoms with E-state index in [0.717, 1.165) is 25.8 Å². The number of Topliss-reactive ketones (excluding diaryl/α,β-unsaturated/α-hetero) is 2. The minimum absolute atomic E-state index is 0.0163. The zero-order valence-corrected chi connectivity index (χ0v) is 42.8. The molecule has 0 saturated heterocycles. The molecule has 0 aliphatic rings. The number of carbonyl (C=O) groups is 4. The smallest absolute Gasteiger partial charge is 0.315 e. The van der Waals surface area contributed by atoms with Crippen LogP contribution in [0.1, 0.15) is 49.2 Å². The van der Waals surface area contributed by atoms with E-state index in [-0.39, 0.29) is 92.4 Å². The third kappa shape index (κ3) is 13.5. The van der Waals surface area contributed by atoms with Crippen LogP contribution in [0.3, 0.4) is 0 Å². The van der Waals surface area contributed by atoms with E-state index in [4.69, 9.17) is 0 Å². The Bertz CT molecular complexity index is 3820. The van der Waals surface area contributed by atoms with Gasteiger partial charge in [0.05, 0.1) is 71.8 Å². The maximum absolute atomic E-state index is 13.3. The molecule has 3 N–H and O–H groups in total. The van der Waals surface area contributed by atoms with Gasteiger partial charge in [0.25, 0.3) is 11.1 Å². The first-order valence-corrected chi connectivity index (χ1v) is 23.6. The Balaban J connectivity index is 0.000000227. The van der Waals surface area contributed by atoms with Crippen LogP contribution in [0.5, 0.6) is 0 Å². The Kier molecular flexibility index (Phi) is 17.7. The van der Waals surface area contributed by atoms with Gasteiger partial charge < -0.3 is 19.8 Å². The highest BCUT2D eigenvalue weighted by atomic mass is 79.9. The molecule has 0 aromatic carbocycles. The molecule has 0 aliphatic heterocycles. The van der Waals surface area contributed by atoms with Crippen LogP contribution in [0.2, 0.25) is 0 Å². The van der Waals surface area contributed by atoms with Crippen LogP contribution in [0.15, 0.2) is 81.1 Å². The fourth-order valence-electron chi connectivity index (χ4n) is 6.99. The number of ketones is 2. The van der Waals surface area contributed by atoms with Gasteiger partial charge in [0, 0.05) is 61.8 Å². The van der Waals surface area contributed by atoms with Gasteiger partial charge in [-0.25, -0.2) is 29.5 Å². The summed E-state index contributed by atoms with van der Waals surface area (Å²) in [5, 5.41) is 5.45. The molecule has 0 aliphatic carbocycles. The second-order valence-electron chi connectivity index (χ2n) is 16.4. The number of hydrogen-bond donors (Lipinski definition) is 3. The molecule has 8 heterocycles. The lowest BCUT2D eigenvalue weighted by Gasteiger charge is -2.12. The number of fused-ring (bicyclic) bond motifs is 2. The molecule has 404 valence electrons. The number of H-pyrrole nitrogens is 1. The van der Waals surface area contributed by atoms with Crippen molar-refractivity contribution in [3.05, 3.63) is 126 Å². The van der Waals surface area contributed by atoms with Crippen LogP contribution >= 0.6 is 15.9 Å². The first-order chi connectivity index (χ1) is 36.2. The van der Waals surface area contributed by atoms with Gasteiger partial charge in [-0.05, 0) is 26.0 Å². The number of anilines is 2. The number of aromatic nitrogens is 14. The molecule has 8 rings (SSSR count). The van der Waals surface area contributed by atoms with E-state index in [1.807, 2.05) is 6.92 Å². The number of aromatic amines is 1. The first-order valence-electron chi connectivity index (χ1n) is 22.5. The fraction of sp³-hybridized carbons (Fsp3) is 0.304. The Morgan fingerprint density at radius 1 is 0.623 bits per heavy atom. The van der Waals surface area contributed by atoms with Crippen LogP contribution < -0.4 is 33.1 Å². The summed E-state index contributed by atoms with van der Waals surface area (Å²) in [4.78, 5) is 130. The van der Waals surface area contributed by atoms with Crippen LogP contribution in [0.25, 0.3) is 44.8 Å². The monoisotopic (exact) mass is 1140 g/mol. The van der Waals surface area contributed by atoms with Crippen molar-refractivity contribution in [2.75, 3.05) is 16.0 Å². The largest absolute Gasteiger partial charge is 0.418 e. The highest BCUT2D eigenvalue weighted by Crippen LogP contribution is 2.34. The molecule has 0 spiro atoms. The maximum atomic E-state index is 13.3. The van der Waals surface area contributed by atoms with Crippen LogP contribution in [0.4, 0.5) is 38.0 Å². The number of pyridine rings is 2. The zero-order chi connectivity index (χ0) is 56.7. The number of rotatable bonds is 13. The molecule has 0 atom stereocenters. The van der Waals surface area contributed by atoms with Gasteiger partial charge in [-0.3, -0.25) is 67.4 Å². The Morgan fingerprint density at radius 2 is 1.08 bits per heavy atom. The SMILES string of the molecule is CCC(=O)CBr.CCC(=O)Cn1c(=O)c2c(ncn2CC(=O)Nc2cncc(-c3cnc(C)c(C(F)(F)F)c3)n2)n(C)c1=O.Cc1ncc(-c2cncc(NC(=O)Cn3cnc4c3c(=O)[nH]c(=O)n4C)n2)cc1C(F)(F)F. The summed E-state index contributed by atoms with van der Waals surface area (Å²) in [5.41, 5.74) is -4.68. The van der Waals surface area contributed by atoms with Crippen molar-refractivity contribution >= 4 is 73.3 Å². The average molecular weight is 1140 g/mol. The van der Waals surface area contributed by atoms with Crippen molar-refractivity contribution < 1.29 is 45.5 Å². The number of nitrogens with one attached hydrogen (secondary N) is 3. The molecule has 8 aromatic rings. The lowest BCUT2D eigenvalue weighted by atomic mass is 10.1. The highest BCUT2D eigenvalue weighted by Gasteiger charge is 2.34. The second kappa shape index (κ2) is 23.8. The van der Waals surface area contributed by atoms with Gasteiger partial charge in [0.2, 0.25) is 11.8 Å². The summed E-state index contributed by atoms with van der Waals surface area (Å²) in [6.45, 7) is 4.77. The summed E-state index contributed by atoms with van der Waals surface area (Å²) < 4.78 is 84.8. The molecular weight excluding hydrogens is 1100 g/mol. The van der Waals surface area contributed by atoms with Crippen molar-refractivity contribution in [1.82, 2.24) is 67.7 Å². The number of aryl methyl sites for hydroxylation is 4. The second-order valence-corrected chi connectivity index (χ2v) is 17.0. The fourth-order valence-corrected chi connectivity index (χ4v) is 7.39. The van der Waals surface area contributed by atoms with Gasteiger partial charge in [-0.15, -0.1) is 0 Å². The number of imidazole rings is 2. The van der Waals surface area contributed by atoms with E-state index in [9.17, 15) is 64.7 Å². The average Bonchev–Trinajstić information content (AvgIpc) is 4.04. The lowest BCUT2D eigenvalue weighted by molar-refractivity contribution is -0.139. The van der Waals surface area contributed by atoms with E-state index in [2.05, 4.69) is 71.4 Å². The molecule has 0 unspecified atom stereocenters. The van der Waals surface area contributed by atoms with Crippen LogP contribution in [-0.4, -0.2) is 96.4 Å². The molecule has 0 fully saturated rings. The molecule has 31 heteroatoms. The zero-order valence-electron chi connectivity index (χ0n) is 41.2. The van der Waals surface area contributed by atoms with Crippen molar-refractivity contribution in [3.8, 4) is 22.5 Å². The standard InChI is InChI=1S/C23H21F3N8O4.C19H15F3N8O3.C4H7BrO/c1-4-14(35)9-34-21(37)19-20(32(3)22(34)38)29-11-33(19)10-18(36)31-17-8-27-7-16(30-17)13-5-15(23(24,25)26)12(2)28-6-13;1-9-11(19(20,21)22)3-10(4-24-9)12-5-23-6-13(26-12)27-14(31)7-30-8-25-16-15(30)17(32)28-18(33)29(16)2;1-2-4(6)3-5/h5-8,11H,4,9-10H2,1-3H3,(H,30,31,36);3-6,8H,7H2,1-2H3,(H,26,27,31)(H,28,32,33);2-3H2,1H3. The minimum Gasteiger partial charge on any atom is -0.315 e. The number of halogens is 7. The van der Waals surface area contributed by atoms with Crippen molar-refractivity contribution in [3.63, 3.8) is 0 Å². The summed E-state index contributed by atoms with van der Waals surface area (Å²) >= 11 is 3.03. The van der Waals surface area contributed by atoms with Gasteiger partial charge in [-0.1, -0.05) is 29.8 Å². The van der Waals surface area contributed by atoms with E-state index in [1.54, 1.807) is 6.92 Å². The van der Waals surface area contributed by atoms with E-state index >= 15 is 0 Å². The third-order valence-electron chi connectivity index (χ3n) is 11.1. The Labute approximate surface area is 436 Å². The van der Waals surface area contributed by atoms with Gasteiger partial charge in [0.15, 0.2) is 39.7 Å². The summed E-state index contributed by atoms with van der Waals surface area (Å²) in [6, 6.07) is 1.81. The Hall–Kier alpha value is -8.90. The van der Waals surface area contributed by atoms with E-state index in [0.29, 0.717) is 11.8 Å². The molecule has 0 saturated carbocycles. The predicted molar refractivity (Wildman–Crippen MR) is 266 cm³/mol. The molecule has 8 aromatic heterocycles. The number of amides is 2. The van der Waals surface area contributed by atoms with Crippen LogP contribution in [0, 0.1) is 13.8 Å². The maximum Gasteiger partial charge on any atom is 0.418 e. The lowest BCUT2D eigenvalue weighted by Crippen LogP contribution is -2.41. The van der Waals surface area contributed by atoms with Crippen molar-refractivity contribution in [1.29, 1.82) is 0 Å². The molecule has 2 amide bonds. The number of carbonyl (C=O) groups excluding carboxylic acids is 4. The third-order valence-corrected chi connectivity index (χ3v) is 11.7. The summed E-state index contributed by atoms with van der Waals surface area (Å²) in [7, 11) is 2.81. The summed E-state index contributed by atoms with van der Waals surface area (Å²) in [6.07, 6.45) is 1.36. The molecule has 77 heavy (non-hydrogen) atoms. The predicted octanol–water partition coefficient (Wildman–Crippen LogP) is 4.30. The van der Waals surface area contributed by atoms with E-state index in [1.165, 1.54) is 86.9 Å². The number of hydrogen-bond acceptors (Lipinski definition) is 16. The van der Waals surface area contributed by atoms with Gasteiger partial charge in [-0.2, -0.15) is 26.3 Å². The quantitative estimate of drug-likeness (QED) is 0.107. The summed E-state index contributed by atoms with van der Waals surface area (Å²) in [5.74, 6) is -1.39. The molecule has 24 nitrogen and oxygen atoms in total. The number of alkyl halides is 7. The van der Waals surface area contributed by atoms with Gasteiger partial charge >= 0.3 is 23.7 Å². The van der Waals surface area contributed by atoms with Gasteiger partial charge in [0.1, 0.15) is 18.9 Å². The molecule has 0 bridgehead atoms. The minimum atomic E-state index is -4.61. The number of nitrogens with zero attached hydrogens (tertiary/aromatic N) is 13. The molecular formula is C46H43BrF6N16O8. The highest BCUT2D eigenvalue weighted by molar-refractivity contribution is 9.09. The van der Waals surface area contributed by atoms with Crippen LogP contribution in [-0.2, 0) is 65.3 Å². The van der Waals surface area contributed by atoms with Crippen molar-refractivity contribution in [2.45, 2.75) is 72.5 Å². The topological polar surface area (TPSA) is 304 Å². The normalized spacial score (nSPS) is 11.4. The van der Waals surface area contributed by atoms with Crippen molar-refractivity contribution in [2.24, 2.45) is 14.1 Å².